The number of rotatable bonds is 1. The normalized spacial score (nSPS) is 14.4. The molecular weight excluding hydrogens is 278 g/mol. The molecule has 1 heteroatoms. The first kappa shape index (κ1) is 14.2. The van der Waals surface area contributed by atoms with E-state index in [2.05, 4.69) is 81.2 Å². The highest BCUT2D eigenvalue weighted by Crippen LogP contribution is 2.49. The van der Waals surface area contributed by atoms with Crippen molar-refractivity contribution in [1.82, 2.24) is 4.98 Å². The Morgan fingerprint density at radius 2 is 1.52 bits per heavy atom. The summed E-state index contributed by atoms with van der Waals surface area (Å²) in [6.07, 6.45) is 1.93. The Balaban J connectivity index is 1.92. The second-order valence-corrected chi connectivity index (χ2v) is 7.16. The van der Waals surface area contributed by atoms with Gasteiger partial charge >= 0.3 is 0 Å². The van der Waals surface area contributed by atoms with Gasteiger partial charge in [0.2, 0.25) is 0 Å². The Morgan fingerprint density at radius 1 is 0.739 bits per heavy atom. The molecule has 1 aromatic heterocycles. The van der Waals surface area contributed by atoms with E-state index >= 15 is 0 Å². The van der Waals surface area contributed by atoms with Crippen molar-refractivity contribution in [2.24, 2.45) is 0 Å². The quantitative estimate of drug-likeness (QED) is 0.564. The van der Waals surface area contributed by atoms with Crippen molar-refractivity contribution in [3.05, 3.63) is 77.0 Å². The molecule has 0 saturated carbocycles. The van der Waals surface area contributed by atoms with E-state index in [-0.39, 0.29) is 5.41 Å². The first-order valence-electron chi connectivity index (χ1n) is 8.16. The number of aryl methyl sites for hydroxylation is 2. The first-order chi connectivity index (χ1) is 11.0. The molecule has 3 aromatic rings. The zero-order chi connectivity index (χ0) is 16.2. The molecule has 1 heterocycles. The largest absolute Gasteiger partial charge is 0.256 e. The Kier molecular flexibility index (Phi) is 2.96. The number of nitrogens with zero attached hydrogens (tertiary/aromatic N) is 1. The van der Waals surface area contributed by atoms with Crippen molar-refractivity contribution >= 4 is 0 Å². The van der Waals surface area contributed by atoms with Crippen molar-refractivity contribution in [3.8, 4) is 22.4 Å². The highest BCUT2D eigenvalue weighted by Gasteiger charge is 2.35. The van der Waals surface area contributed by atoms with E-state index in [4.69, 9.17) is 0 Å². The standard InChI is InChI=1S/C22H21N/c1-14-5-8-17-18-12-16(21-10-6-15(2)13-23-21)7-9-19(18)22(3,4)20(17)11-14/h5-13H,1-4H3. The molecule has 0 fully saturated rings. The summed E-state index contributed by atoms with van der Waals surface area (Å²) >= 11 is 0. The van der Waals surface area contributed by atoms with Crippen LogP contribution in [0.15, 0.2) is 54.7 Å². The zero-order valence-corrected chi connectivity index (χ0v) is 14.1. The smallest absolute Gasteiger partial charge is 0.0702 e. The molecule has 23 heavy (non-hydrogen) atoms. The van der Waals surface area contributed by atoms with Crippen molar-refractivity contribution in [1.29, 1.82) is 0 Å². The molecule has 0 saturated heterocycles. The van der Waals surface area contributed by atoms with Gasteiger partial charge in [-0.25, -0.2) is 0 Å². The summed E-state index contributed by atoms with van der Waals surface area (Å²) in [5.74, 6) is 0. The summed E-state index contributed by atoms with van der Waals surface area (Å²) in [5.41, 5.74) is 10.4. The van der Waals surface area contributed by atoms with Gasteiger partial charge in [-0.15, -0.1) is 0 Å². The summed E-state index contributed by atoms with van der Waals surface area (Å²) in [6, 6.07) is 17.8. The molecule has 4 rings (SSSR count). The minimum Gasteiger partial charge on any atom is -0.256 e. The van der Waals surface area contributed by atoms with E-state index < -0.39 is 0 Å². The van der Waals surface area contributed by atoms with Gasteiger partial charge in [0.1, 0.15) is 0 Å². The van der Waals surface area contributed by atoms with Crippen molar-refractivity contribution in [2.75, 3.05) is 0 Å². The molecule has 114 valence electrons. The van der Waals surface area contributed by atoms with Gasteiger partial charge in [0.25, 0.3) is 0 Å². The van der Waals surface area contributed by atoms with E-state index in [1.807, 2.05) is 6.20 Å². The number of aromatic nitrogens is 1. The van der Waals surface area contributed by atoms with Crippen molar-refractivity contribution in [2.45, 2.75) is 33.1 Å². The maximum absolute atomic E-state index is 4.58. The third kappa shape index (κ3) is 2.11. The third-order valence-corrected chi connectivity index (χ3v) is 5.04. The lowest BCUT2D eigenvalue weighted by molar-refractivity contribution is 0.660. The molecule has 0 aliphatic heterocycles. The van der Waals surface area contributed by atoms with Gasteiger partial charge in [-0.1, -0.05) is 55.8 Å². The fourth-order valence-electron chi connectivity index (χ4n) is 3.67. The number of hydrogen-bond donors (Lipinski definition) is 0. The topological polar surface area (TPSA) is 12.9 Å². The van der Waals surface area contributed by atoms with Gasteiger partial charge in [0.05, 0.1) is 5.69 Å². The molecular formula is C22H21N. The third-order valence-electron chi connectivity index (χ3n) is 5.04. The van der Waals surface area contributed by atoms with Crippen LogP contribution >= 0.6 is 0 Å². The fraction of sp³-hybridized carbons (Fsp3) is 0.227. The maximum atomic E-state index is 4.58. The van der Waals surface area contributed by atoms with Gasteiger partial charge < -0.3 is 0 Å². The predicted molar refractivity (Wildman–Crippen MR) is 96.7 cm³/mol. The van der Waals surface area contributed by atoms with E-state index in [1.165, 1.54) is 38.9 Å². The second-order valence-electron chi connectivity index (χ2n) is 7.16. The molecule has 1 aliphatic carbocycles. The van der Waals surface area contributed by atoms with Crippen LogP contribution in [-0.2, 0) is 5.41 Å². The number of pyridine rings is 1. The lowest BCUT2D eigenvalue weighted by Crippen LogP contribution is -2.15. The zero-order valence-electron chi connectivity index (χ0n) is 14.1. The van der Waals surface area contributed by atoms with Crippen molar-refractivity contribution in [3.63, 3.8) is 0 Å². The molecule has 0 spiro atoms. The molecule has 0 radical (unpaired) electrons. The van der Waals surface area contributed by atoms with E-state index in [0.29, 0.717) is 0 Å². The van der Waals surface area contributed by atoms with Gasteiger partial charge in [-0.3, -0.25) is 4.98 Å². The van der Waals surface area contributed by atoms with Gasteiger partial charge in [-0.2, -0.15) is 0 Å². The van der Waals surface area contributed by atoms with Crippen LogP contribution in [-0.4, -0.2) is 4.98 Å². The van der Waals surface area contributed by atoms with Crippen LogP contribution in [0, 0.1) is 13.8 Å². The summed E-state index contributed by atoms with van der Waals surface area (Å²) < 4.78 is 0. The predicted octanol–water partition coefficient (Wildman–Crippen LogP) is 5.67. The van der Waals surface area contributed by atoms with Crippen LogP contribution in [0.2, 0.25) is 0 Å². The van der Waals surface area contributed by atoms with Crippen LogP contribution < -0.4 is 0 Å². The fourth-order valence-corrected chi connectivity index (χ4v) is 3.67. The number of hydrogen-bond acceptors (Lipinski definition) is 1. The monoisotopic (exact) mass is 299 g/mol. The molecule has 2 aromatic carbocycles. The molecule has 0 unspecified atom stereocenters. The number of fused-ring (bicyclic) bond motifs is 3. The lowest BCUT2D eigenvalue weighted by atomic mass is 9.82. The molecule has 1 nitrogen and oxygen atoms in total. The van der Waals surface area contributed by atoms with Crippen LogP contribution in [0.5, 0.6) is 0 Å². The maximum Gasteiger partial charge on any atom is 0.0702 e. The van der Waals surface area contributed by atoms with Gasteiger partial charge in [0, 0.05) is 17.2 Å². The minimum absolute atomic E-state index is 0.0654. The van der Waals surface area contributed by atoms with Crippen LogP contribution in [0.25, 0.3) is 22.4 Å². The summed E-state index contributed by atoms with van der Waals surface area (Å²) in [7, 11) is 0. The van der Waals surface area contributed by atoms with Crippen LogP contribution in [0.4, 0.5) is 0 Å². The molecule has 0 N–H and O–H groups in total. The summed E-state index contributed by atoms with van der Waals surface area (Å²) in [5, 5.41) is 0. The lowest BCUT2D eigenvalue weighted by Gasteiger charge is -2.21. The molecule has 0 atom stereocenters. The van der Waals surface area contributed by atoms with Gasteiger partial charge in [-0.05, 0) is 53.8 Å². The summed E-state index contributed by atoms with van der Waals surface area (Å²) in [4.78, 5) is 4.58. The minimum atomic E-state index is 0.0654. The number of benzene rings is 2. The average molecular weight is 299 g/mol. The summed E-state index contributed by atoms with van der Waals surface area (Å²) in [6.45, 7) is 8.88. The Morgan fingerprint density at radius 3 is 2.26 bits per heavy atom. The van der Waals surface area contributed by atoms with Crippen LogP contribution in [0.1, 0.15) is 36.1 Å². The average Bonchev–Trinajstić information content (AvgIpc) is 2.76. The molecule has 0 amide bonds. The molecule has 0 bridgehead atoms. The molecule has 1 aliphatic rings. The van der Waals surface area contributed by atoms with Gasteiger partial charge in [0.15, 0.2) is 0 Å². The Hall–Kier alpha value is -2.41. The highest BCUT2D eigenvalue weighted by atomic mass is 14.7. The van der Waals surface area contributed by atoms with Crippen molar-refractivity contribution < 1.29 is 0 Å². The highest BCUT2D eigenvalue weighted by molar-refractivity contribution is 5.84. The van der Waals surface area contributed by atoms with Crippen LogP contribution in [0.3, 0.4) is 0 Å². The second kappa shape index (κ2) is 4.79. The van der Waals surface area contributed by atoms with E-state index in [9.17, 15) is 0 Å². The SMILES string of the molecule is Cc1ccc(-c2ccc3c(c2)-c2ccc(C)cc2C3(C)C)nc1. The Labute approximate surface area is 138 Å². The Bertz CT molecular complexity index is 902. The van der Waals surface area contributed by atoms with E-state index in [0.717, 1.165) is 5.69 Å². The first-order valence-corrected chi connectivity index (χ1v) is 8.16. The van der Waals surface area contributed by atoms with E-state index in [1.54, 1.807) is 0 Å².